The Labute approximate surface area is 100 Å². The molecule has 1 fully saturated rings. The minimum atomic E-state index is -0.210. The van der Waals surface area contributed by atoms with E-state index in [2.05, 4.69) is 11.0 Å². The summed E-state index contributed by atoms with van der Waals surface area (Å²) in [6.07, 6.45) is 1.23. The molecule has 16 heavy (non-hydrogen) atoms. The molecule has 0 bridgehead atoms. The summed E-state index contributed by atoms with van der Waals surface area (Å²) in [5.41, 5.74) is 0. The van der Waals surface area contributed by atoms with E-state index >= 15 is 0 Å². The van der Waals surface area contributed by atoms with Crippen LogP contribution < -0.4 is 0 Å². The molecule has 0 spiro atoms. The van der Waals surface area contributed by atoms with E-state index in [0.717, 1.165) is 19.5 Å². The maximum absolute atomic E-state index is 11.9. The highest BCUT2D eigenvalue weighted by molar-refractivity contribution is 7.09. The van der Waals surface area contributed by atoms with Gasteiger partial charge in [-0.3, -0.25) is 4.79 Å². The number of carbonyl (C=O) groups is 1. The number of hydrogen-bond donors (Lipinski definition) is 0. The first-order chi connectivity index (χ1) is 7.75. The molecule has 88 valence electrons. The number of hydrogen-bond acceptors (Lipinski definition) is 4. The molecule has 0 saturated carbocycles. The second kappa shape index (κ2) is 5.57. The first-order valence-electron chi connectivity index (χ1n) is 5.61. The first kappa shape index (κ1) is 11.8. The van der Waals surface area contributed by atoms with Crippen LogP contribution in [0.5, 0.6) is 0 Å². The van der Waals surface area contributed by atoms with E-state index in [9.17, 15) is 4.79 Å². The predicted molar refractivity (Wildman–Crippen MR) is 64.9 cm³/mol. The van der Waals surface area contributed by atoms with Gasteiger partial charge in [-0.05, 0) is 24.9 Å². The van der Waals surface area contributed by atoms with Gasteiger partial charge in [0.05, 0.1) is 6.61 Å². The molecule has 0 N–H and O–H groups in total. The van der Waals surface area contributed by atoms with Crippen LogP contribution in [0.3, 0.4) is 0 Å². The van der Waals surface area contributed by atoms with Crippen molar-refractivity contribution in [3.05, 3.63) is 22.4 Å². The Morgan fingerprint density at radius 3 is 3.25 bits per heavy atom. The largest absolute Gasteiger partial charge is 0.368 e. The number of aryl methyl sites for hydroxylation is 1. The summed E-state index contributed by atoms with van der Waals surface area (Å²) in [5, 5.41) is 2.05. The van der Waals surface area contributed by atoms with E-state index < -0.39 is 0 Å². The number of nitrogens with zero attached hydrogens (tertiary/aromatic N) is 1. The minimum Gasteiger partial charge on any atom is -0.368 e. The topological polar surface area (TPSA) is 29.5 Å². The van der Waals surface area contributed by atoms with E-state index in [0.29, 0.717) is 13.0 Å². The van der Waals surface area contributed by atoms with Crippen LogP contribution >= 0.6 is 11.3 Å². The van der Waals surface area contributed by atoms with Crippen LogP contribution in [0.2, 0.25) is 0 Å². The first-order valence-corrected chi connectivity index (χ1v) is 6.49. The zero-order valence-electron chi connectivity index (χ0n) is 9.52. The van der Waals surface area contributed by atoms with E-state index in [1.54, 1.807) is 11.3 Å². The van der Waals surface area contributed by atoms with E-state index in [1.807, 2.05) is 18.5 Å². The lowest BCUT2D eigenvalue weighted by Gasteiger charge is -2.29. The molecule has 0 radical (unpaired) electrons. The van der Waals surface area contributed by atoms with Crippen molar-refractivity contribution >= 4 is 17.1 Å². The molecular weight excluding hydrogens is 222 g/mol. The lowest BCUT2D eigenvalue weighted by Crippen LogP contribution is -2.44. The van der Waals surface area contributed by atoms with E-state index in [1.165, 1.54) is 4.88 Å². The second-order valence-corrected chi connectivity index (χ2v) is 5.20. The third-order valence-corrected chi connectivity index (χ3v) is 3.76. The molecule has 1 unspecified atom stereocenters. The zero-order chi connectivity index (χ0) is 11.4. The Morgan fingerprint density at radius 1 is 1.69 bits per heavy atom. The quantitative estimate of drug-likeness (QED) is 0.799. The average molecular weight is 239 g/mol. The summed E-state index contributed by atoms with van der Waals surface area (Å²) in [4.78, 5) is 15.3. The van der Waals surface area contributed by atoms with Crippen molar-refractivity contribution in [1.29, 1.82) is 0 Å². The number of ether oxygens (including phenoxy) is 1. The molecule has 1 aromatic heterocycles. The smallest absolute Gasteiger partial charge is 0.163 e. The Morgan fingerprint density at radius 2 is 2.56 bits per heavy atom. The molecular formula is C12H17NO2S. The normalized spacial score (nSPS) is 22.2. The summed E-state index contributed by atoms with van der Waals surface area (Å²) >= 11 is 1.71. The van der Waals surface area contributed by atoms with Crippen LogP contribution in [-0.2, 0) is 16.0 Å². The molecule has 1 aliphatic rings. The summed E-state index contributed by atoms with van der Waals surface area (Å²) in [6, 6.07) is 4.10. The third kappa shape index (κ3) is 3.14. The van der Waals surface area contributed by atoms with Crippen molar-refractivity contribution < 1.29 is 9.53 Å². The van der Waals surface area contributed by atoms with Crippen molar-refractivity contribution in [3.63, 3.8) is 0 Å². The minimum absolute atomic E-state index is 0.210. The van der Waals surface area contributed by atoms with Crippen molar-refractivity contribution in [2.24, 2.45) is 0 Å². The Bertz CT molecular complexity index is 337. The summed E-state index contributed by atoms with van der Waals surface area (Å²) in [7, 11) is 2.03. The standard InChI is InChI=1S/C12H17NO2S/c1-13-6-7-15-12(9-13)11(14)5-4-10-3-2-8-16-10/h2-3,8,12H,4-7,9H2,1H3. The Balaban J connectivity index is 1.79. The molecule has 1 saturated heterocycles. The third-order valence-electron chi connectivity index (χ3n) is 2.83. The van der Waals surface area contributed by atoms with E-state index in [4.69, 9.17) is 4.74 Å². The van der Waals surface area contributed by atoms with Crippen molar-refractivity contribution in [2.45, 2.75) is 18.9 Å². The number of morpholine rings is 1. The molecule has 4 heteroatoms. The van der Waals surface area contributed by atoms with Gasteiger partial charge in [0.1, 0.15) is 6.10 Å². The van der Waals surface area contributed by atoms with Crippen molar-refractivity contribution in [1.82, 2.24) is 4.90 Å². The summed E-state index contributed by atoms with van der Waals surface area (Å²) in [5.74, 6) is 0.236. The number of likely N-dealkylation sites (N-methyl/N-ethyl adjacent to an activating group) is 1. The van der Waals surface area contributed by atoms with Crippen molar-refractivity contribution in [3.8, 4) is 0 Å². The SMILES string of the molecule is CN1CCOC(C(=O)CCc2cccs2)C1. The fourth-order valence-corrected chi connectivity index (χ4v) is 2.54. The highest BCUT2D eigenvalue weighted by Crippen LogP contribution is 2.13. The molecule has 1 aliphatic heterocycles. The highest BCUT2D eigenvalue weighted by Gasteiger charge is 2.24. The molecule has 1 atom stereocenters. The number of Topliss-reactive ketones (excluding diaryl/α,β-unsaturated/α-hetero) is 1. The van der Waals surface area contributed by atoms with Crippen LogP contribution in [-0.4, -0.2) is 43.5 Å². The van der Waals surface area contributed by atoms with Crippen LogP contribution in [0, 0.1) is 0 Å². The van der Waals surface area contributed by atoms with Gasteiger partial charge in [0.15, 0.2) is 5.78 Å². The van der Waals surface area contributed by atoms with Gasteiger partial charge >= 0.3 is 0 Å². The highest BCUT2D eigenvalue weighted by atomic mass is 32.1. The lowest BCUT2D eigenvalue weighted by molar-refractivity contribution is -0.135. The fourth-order valence-electron chi connectivity index (χ4n) is 1.83. The number of rotatable bonds is 4. The molecule has 0 aromatic carbocycles. The van der Waals surface area contributed by atoms with Gasteiger partial charge in [0.2, 0.25) is 0 Å². The van der Waals surface area contributed by atoms with Gasteiger partial charge in [-0.25, -0.2) is 0 Å². The van der Waals surface area contributed by atoms with Gasteiger partial charge in [0, 0.05) is 24.4 Å². The van der Waals surface area contributed by atoms with Crippen LogP contribution in [0.1, 0.15) is 11.3 Å². The number of ketones is 1. The zero-order valence-corrected chi connectivity index (χ0v) is 10.3. The lowest BCUT2D eigenvalue weighted by atomic mass is 10.1. The van der Waals surface area contributed by atoms with Gasteiger partial charge in [0.25, 0.3) is 0 Å². The van der Waals surface area contributed by atoms with Gasteiger partial charge in [-0.15, -0.1) is 11.3 Å². The Hall–Kier alpha value is -0.710. The molecule has 2 rings (SSSR count). The average Bonchev–Trinajstić information content (AvgIpc) is 2.78. The molecule has 0 amide bonds. The maximum atomic E-state index is 11.9. The fraction of sp³-hybridized carbons (Fsp3) is 0.583. The summed E-state index contributed by atoms with van der Waals surface area (Å²) < 4.78 is 5.49. The van der Waals surface area contributed by atoms with Gasteiger partial charge in [-0.1, -0.05) is 6.07 Å². The number of thiophene rings is 1. The Kier molecular flexibility index (Phi) is 4.09. The van der Waals surface area contributed by atoms with Crippen LogP contribution in [0.25, 0.3) is 0 Å². The van der Waals surface area contributed by atoms with Gasteiger partial charge in [-0.2, -0.15) is 0 Å². The van der Waals surface area contributed by atoms with Crippen molar-refractivity contribution in [2.75, 3.05) is 26.7 Å². The summed E-state index contributed by atoms with van der Waals surface area (Å²) in [6.45, 7) is 2.34. The second-order valence-electron chi connectivity index (χ2n) is 4.17. The number of carbonyl (C=O) groups excluding carboxylic acids is 1. The van der Waals surface area contributed by atoms with Crippen LogP contribution in [0.15, 0.2) is 17.5 Å². The monoisotopic (exact) mass is 239 g/mol. The molecule has 1 aromatic rings. The molecule has 3 nitrogen and oxygen atoms in total. The van der Waals surface area contributed by atoms with Gasteiger partial charge < -0.3 is 9.64 Å². The maximum Gasteiger partial charge on any atom is 0.163 e. The molecule has 2 heterocycles. The van der Waals surface area contributed by atoms with E-state index in [-0.39, 0.29) is 11.9 Å². The predicted octanol–water partition coefficient (Wildman–Crippen LogP) is 1.58. The van der Waals surface area contributed by atoms with Crippen LogP contribution in [0.4, 0.5) is 0 Å². The molecule has 0 aliphatic carbocycles.